The molecular weight excluding hydrogens is 295 g/mol. The lowest BCUT2D eigenvalue weighted by Gasteiger charge is -2.25. The van der Waals surface area contributed by atoms with Gasteiger partial charge in [-0.15, -0.1) is 0 Å². The third kappa shape index (κ3) is 6.20. The molecule has 0 aliphatic heterocycles. The highest BCUT2D eigenvalue weighted by Crippen LogP contribution is 2.20. The summed E-state index contributed by atoms with van der Waals surface area (Å²) in [6.45, 7) is 6.17. The normalized spacial score (nSPS) is 11.4. The van der Waals surface area contributed by atoms with E-state index in [-0.39, 0.29) is 18.0 Å². The Morgan fingerprint density at radius 3 is 2.36 bits per heavy atom. The van der Waals surface area contributed by atoms with Gasteiger partial charge in [0.25, 0.3) is 5.91 Å². The average Bonchev–Trinajstić information content (AvgIpc) is 2.42. The summed E-state index contributed by atoms with van der Waals surface area (Å²) < 4.78 is 43.1. The van der Waals surface area contributed by atoms with Gasteiger partial charge in [0.15, 0.2) is 0 Å². The van der Waals surface area contributed by atoms with Crippen molar-refractivity contribution in [2.75, 3.05) is 19.7 Å². The lowest BCUT2D eigenvalue weighted by molar-refractivity contribution is -0.141. The fraction of sp³-hybridized carbons (Fsp3) is 0.438. The third-order valence-electron chi connectivity index (χ3n) is 2.71. The van der Waals surface area contributed by atoms with Crippen LogP contribution in [0.3, 0.4) is 0 Å². The van der Waals surface area contributed by atoms with Crippen LogP contribution in [0.1, 0.15) is 24.2 Å². The molecule has 0 unspecified atom stereocenters. The number of benzene rings is 1. The van der Waals surface area contributed by atoms with Gasteiger partial charge in [-0.05, 0) is 30.2 Å². The van der Waals surface area contributed by atoms with Crippen LogP contribution < -0.4 is 4.74 Å². The van der Waals surface area contributed by atoms with Crippen LogP contribution in [-0.4, -0.2) is 36.7 Å². The van der Waals surface area contributed by atoms with Gasteiger partial charge < -0.3 is 9.64 Å². The first-order chi connectivity index (χ1) is 10.2. The second kappa shape index (κ2) is 7.87. The maximum atomic E-state index is 12.6. The summed E-state index contributed by atoms with van der Waals surface area (Å²) in [7, 11) is 0. The Labute approximate surface area is 128 Å². The van der Waals surface area contributed by atoms with Crippen molar-refractivity contribution in [3.63, 3.8) is 0 Å². The van der Waals surface area contributed by atoms with Crippen LogP contribution >= 0.6 is 0 Å². The number of nitrogens with zero attached hydrogens (tertiary/aromatic N) is 1. The van der Waals surface area contributed by atoms with Crippen molar-refractivity contribution in [2.24, 2.45) is 5.92 Å². The van der Waals surface area contributed by atoms with Crippen molar-refractivity contribution in [1.29, 1.82) is 0 Å². The Hall–Kier alpha value is -1.98. The fourth-order valence-electron chi connectivity index (χ4n) is 1.91. The second-order valence-electron chi connectivity index (χ2n) is 5.32. The van der Waals surface area contributed by atoms with E-state index in [1.165, 1.54) is 12.1 Å². The zero-order valence-electron chi connectivity index (χ0n) is 12.7. The molecule has 0 atom stereocenters. The number of alkyl halides is 3. The zero-order valence-corrected chi connectivity index (χ0v) is 12.7. The second-order valence-corrected chi connectivity index (χ2v) is 5.32. The van der Waals surface area contributed by atoms with E-state index in [1.807, 2.05) is 0 Å². The molecule has 1 rings (SSSR count). The van der Waals surface area contributed by atoms with Crippen molar-refractivity contribution >= 4 is 5.91 Å². The van der Waals surface area contributed by atoms with E-state index in [0.717, 1.165) is 4.90 Å². The highest BCUT2D eigenvalue weighted by atomic mass is 19.4. The largest absolute Gasteiger partial charge is 0.490 e. The smallest absolute Gasteiger partial charge is 0.406 e. The van der Waals surface area contributed by atoms with Crippen LogP contribution in [0.4, 0.5) is 13.2 Å². The summed E-state index contributed by atoms with van der Waals surface area (Å²) in [6, 6.07) is 6.03. The Kier molecular flexibility index (Phi) is 6.46. The lowest BCUT2D eigenvalue weighted by Crippen LogP contribution is -2.41. The summed E-state index contributed by atoms with van der Waals surface area (Å²) in [5.74, 6) is -0.162. The standard InChI is InChI=1S/C16H20F3NO2/c1-4-9-22-14-7-5-13(6-8-14)15(21)20(10-12(2)3)11-16(17,18)19/h4-8,12H,1,9-11H2,2-3H3. The van der Waals surface area contributed by atoms with Crippen LogP contribution in [0.25, 0.3) is 0 Å². The molecule has 0 spiro atoms. The number of ether oxygens (including phenoxy) is 1. The molecular formula is C16H20F3NO2. The molecule has 3 nitrogen and oxygen atoms in total. The molecule has 122 valence electrons. The Bertz CT molecular complexity index is 495. The predicted molar refractivity (Wildman–Crippen MR) is 78.9 cm³/mol. The van der Waals surface area contributed by atoms with Crippen LogP contribution in [0, 0.1) is 5.92 Å². The Balaban J connectivity index is 2.85. The van der Waals surface area contributed by atoms with Crippen LogP contribution in [0.15, 0.2) is 36.9 Å². The van der Waals surface area contributed by atoms with Crippen LogP contribution in [-0.2, 0) is 0 Å². The summed E-state index contributed by atoms with van der Waals surface area (Å²) in [5, 5.41) is 0. The van der Waals surface area contributed by atoms with E-state index < -0.39 is 18.6 Å². The van der Waals surface area contributed by atoms with E-state index in [9.17, 15) is 18.0 Å². The first-order valence-electron chi connectivity index (χ1n) is 6.92. The number of halogens is 3. The molecule has 0 aliphatic carbocycles. The minimum absolute atomic E-state index is 0.0487. The van der Waals surface area contributed by atoms with Crippen molar-refractivity contribution < 1.29 is 22.7 Å². The predicted octanol–water partition coefficient (Wildman–Crippen LogP) is 3.91. The monoisotopic (exact) mass is 315 g/mol. The van der Waals surface area contributed by atoms with Gasteiger partial charge in [-0.1, -0.05) is 26.5 Å². The van der Waals surface area contributed by atoms with Crippen molar-refractivity contribution in [2.45, 2.75) is 20.0 Å². The Morgan fingerprint density at radius 2 is 1.91 bits per heavy atom. The zero-order chi connectivity index (χ0) is 16.8. The molecule has 1 aromatic carbocycles. The first-order valence-corrected chi connectivity index (χ1v) is 6.92. The molecule has 0 aliphatic rings. The van der Waals surface area contributed by atoms with Gasteiger partial charge in [0.05, 0.1) is 0 Å². The van der Waals surface area contributed by atoms with Crippen molar-refractivity contribution in [3.8, 4) is 5.75 Å². The number of rotatable bonds is 7. The van der Waals surface area contributed by atoms with Gasteiger partial charge in [-0.3, -0.25) is 4.79 Å². The van der Waals surface area contributed by atoms with Crippen LogP contribution in [0.5, 0.6) is 5.75 Å². The average molecular weight is 315 g/mol. The lowest BCUT2D eigenvalue weighted by atomic mass is 10.1. The Morgan fingerprint density at radius 1 is 1.32 bits per heavy atom. The number of carbonyl (C=O) groups excluding carboxylic acids is 1. The number of amides is 1. The molecule has 0 heterocycles. The minimum Gasteiger partial charge on any atom is -0.490 e. The molecule has 1 amide bonds. The summed E-state index contributed by atoms with van der Waals surface area (Å²) in [6.07, 6.45) is -2.84. The first kappa shape index (κ1) is 18.1. The number of hydrogen-bond donors (Lipinski definition) is 0. The van der Waals surface area contributed by atoms with Gasteiger partial charge in [-0.2, -0.15) is 13.2 Å². The third-order valence-corrected chi connectivity index (χ3v) is 2.71. The van der Waals surface area contributed by atoms with Gasteiger partial charge in [-0.25, -0.2) is 0 Å². The number of hydrogen-bond acceptors (Lipinski definition) is 2. The maximum Gasteiger partial charge on any atom is 0.406 e. The van der Waals surface area contributed by atoms with Gasteiger partial charge in [0, 0.05) is 12.1 Å². The summed E-state index contributed by atoms with van der Waals surface area (Å²) in [5.41, 5.74) is 0.204. The van der Waals surface area contributed by atoms with Crippen LogP contribution in [0.2, 0.25) is 0 Å². The minimum atomic E-state index is -4.42. The quantitative estimate of drug-likeness (QED) is 0.714. The molecule has 0 bridgehead atoms. The van der Waals surface area contributed by atoms with E-state index in [0.29, 0.717) is 12.4 Å². The van der Waals surface area contributed by atoms with E-state index in [1.54, 1.807) is 32.1 Å². The highest BCUT2D eigenvalue weighted by molar-refractivity contribution is 5.94. The number of carbonyl (C=O) groups is 1. The summed E-state index contributed by atoms with van der Waals surface area (Å²) >= 11 is 0. The maximum absolute atomic E-state index is 12.6. The molecule has 0 fully saturated rings. The molecule has 6 heteroatoms. The fourth-order valence-corrected chi connectivity index (χ4v) is 1.91. The topological polar surface area (TPSA) is 29.5 Å². The molecule has 22 heavy (non-hydrogen) atoms. The van der Waals surface area contributed by atoms with E-state index >= 15 is 0 Å². The molecule has 0 aromatic heterocycles. The van der Waals surface area contributed by atoms with Gasteiger partial charge in [0.2, 0.25) is 0 Å². The molecule has 0 saturated heterocycles. The van der Waals surface area contributed by atoms with E-state index in [2.05, 4.69) is 6.58 Å². The van der Waals surface area contributed by atoms with Crippen molar-refractivity contribution in [1.82, 2.24) is 4.90 Å². The highest BCUT2D eigenvalue weighted by Gasteiger charge is 2.33. The summed E-state index contributed by atoms with van der Waals surface area (Å²) in [4.78, 5) is 13.1. The SMILES string of the molecule is C=CCOc1ccc(C(=O)N(CC(C)C)CC(F)(F)F)cc1. The molecule has 0 N–H and O–H groups in total. The molecule has 0 saturated carbocycles. The van der Waals surface area contributed by atoms with E-state index in [4.69, 9.17) is 4.74 Å². The molecule has 1 aromatic rings. The molecule has 0 radical (unpaired) electrons. The van der Waals surface area contributed by atoms with Gasteiger partial charge >= 0.3 is 6.18 Å². The van der Waals surface area contributed by atoms with Gasteiger partial charge in [0.1, 0.15) is 18.9 Å². The van der Waals surface area contributed by atoms with Crippen molar-refractivity contribution in [3.05, 3.63) is 42.5 Å².